The van der Waals surface area contributed by atoms with E-state index in [4.69, 9.17) is 4.74 Å². The number of halogens is 1. The summed E-state index contributed by atoms with van der Waals surface area (Å²) in [6, 6.07) is 0. The standard InChI is InChI=1S/C18H24INO3/c1-18(2)6-14-16(15(22)7-18)17(19)12(8-20-14)13(9-23-10-21)11-4-3-5-11/h8,10-11,13,15,22H,3-7,9H2,1-2H3. The van der Waals surface area contributed by atoms with E-state index in [1.54, 1.807) is 0 Å². The van der Waals surface area contributed by atoms with Crippen LogP contribution in [0.25, 0.3) is 0 Å². The van der Waals surface area contributed by atoms with Gasteiger partial charge in [0.05, 0.1) is 12.7 Å². The molecular weight excluding hydrogens is 405 g/mol. The summed E-state index contributed by atoms with van der Waals surface area (Å²) in [6.45, 7) is 5.29. The summed E-state index contributed by atoms with van der Waals surface area (Å²) in [5.41, 5.74) is 3.23. The number of aliphatic hydroxyl groups excluding tert-OH is 1. The molecule has 23 heavy (non-hydrogen) atoms. The van der Waals surface area contributed by atoms with E-state index in [1.807, 2.05) is 6.20 Å². The number of rotatable bonds is 5. The highest BCUT2D eigenvalue weighted by molar-refractivity contribution is 14.1. The van der Waals surface area contributed by atoms with Gasteiger partial charge in [-0.2, -0.15) is 0 Å². The number of pyridine rings is 1. The van der Waals surface area contributed by atoms with E-state index in [9.17, 15) is 9.90 Å². The third-order valence-electron chi connectivity index (χ3n) is 5.35. The first-order valence-corrected chi connectivity index (χ1v) is 9.41. The lowest BCUT2D eigenvalue weighted by Crippen LogP contribution is -2.30. The smallest absolute Gasteiger partial charge is 0.293 e. The zero-order valence-corrected chi connectivity index (χ0v) is 15.9. The van der Waals surface area contributed by atoms with Gasteiger partial charge in [0, 0.05) is 26.9 Å². The molecule has 1 fully saturated rings. The molecule has 1 aromatic heterocycles. The van der Waals surface area contributed by atoms with Gasteiger partial charge in [-0.1, -0.05) is 20.3 Å². The summed E-state index contributed by atoms with van der Waals surface area (Å²) in [5, 5.41) is 10.6. The van der Waals surface area contributed by atoms with Crippen LogP contribution in [-0.4, -0.2) is 23.2 Å². The molecule has 1 saturated carbocycles. The predicted octanol–water partition coefficient (Wildman–Crippen LogP) is 3.75. The number of nitrogens with zero attached hydrogens (tertiary/aromatic N) is 1. The van der Waals surface area contributed by atoms with Crippen molar-refractivity contribution in [2.24, 2.45) is 11.3 Å². The number of ether oxygens (including phenoxy) is 1. The lowest BCUT2D eigenvalue weighted by atomic mass is 9.71. The fourth-order valence-corrected chi connectivity index (χ4v) is 5.12. The Morgan fingerprint density at radius 1 is 1.52 bits per heavy atom. The molecule has 2 unspecified atom stereocenters. The first-order chi connectivity index (χ1) is 10.9. The molecule has 0 bridgehead atoms. The average molecular weight is 429 g/mol. The molecule has 4 nitrogen and oxygen atoms in total. The first kappa shape index (κ1) is 17.1. The zero-order chi connectivity index (χ0) is 16.6. The summed E-state index contributed by atoms with van der Waals surface area (Å²) in [6.07, 6.45) is 6.75. The Balaban J connectivity index is 1.97. The molecule has 0 spiro atoms. The fourth-order valence-electron chi connectivity index (χ4n) is 3.91. The Bertz CT molecular complexity index is 598. The molecule has 3 rings (SSSR count). The Kier molecular flexibility index (Phi) is 4.97. The van der Waals surface area contributed by atoms with Gasteiger partial charge in [0.25, 0.3) is 6.47 Å². The highest BCUT2D eigenvalue weighted by atomic mass is 127. The number of aromatic nitrogens is 1. The second-order valence-corrected chi connectivity index (χ2v) is 8.75. The summed E-state index contributed by atoms with van der Waals surface area (Å²) >= 11 is 2.35. The summed E-state index contributed by atoms with van der Waals surface area (Å²) < 4.78 is 6.20. The molecular formula is C18H24INO3. The van der Waals surface area contributed by atoms with Crippen molar-refractivity contribution in [3.8, 4) is 0 Å². The Labute approximate surface area is 151 Å². The molecule has 126 valence electrons. The molecule has 0 aromatic carbocycles. The minimum atomic E-state index is -0.456. The van der Waals surface area contributed by atoms with Crippen LogP contribution in [0.5, 0.6) is 0 Å². The minimum absolute atomic E-state index is 0.0814. The Hall–Kier alpha value is -0.690. The average Bonchev–Trinajstić information content (AvgIpc) is 2.40. The van der Waals surface area contributed by atoms with Crippen molar-refractivity contribution in [1.29, 1.82) is 0 Å². The molecule has 5 heteroatoms. The minimum Gasteiger partial charge on any atom is -0.467 e. The highest BCUT2D eigenvalue weighted by Gasteiger charge is 2.37. The van der Waals surface area contributed by atoms with E-state index >= 15 is 0 Å². The lowest BCUT2D eigenvalue weighted by Gasteiger charge is -2.37. The highest BCUT2D eigenvalue weighted by Crippen LogP contribution is 2.46. The topological polar surface area (TPSA) is 59.4 Å². The number of aliphatic hydroxyl groups is 1. The quantitative estimate of drug-likeness (QED) is 0.572. The van der Waals surface area contributed by atoms with Gasteiger partial charge in [-0.15, -0.1) is 0 Å². The maximum Gasteiger partial charge on any atom is 0.293 e. The number of carbonyl (C=O) groups excluding carboxylic acids is 1. The molecule has 2 aliphatic carbocycles. The van der Waals surface area contributed by atoms with Crippen molar-refractivity contribution < 1.29 is 14.6 Å². The van der Waals surface area contributed by atoms with Gasteiger partial charge in [-0.05, 0) is 65.2 Å². The van der Waals surface area contributed by atoms with E-state index in [0.29, 0.717) is 19.0 Å². The molecule has 0 amide bonds. The van der Waals surface area contributed by atoms with Crippen LogP contribution in [0.2, 0.25) is 0 Å². The summed E-state index contributed by atoms with van der Waals surface area (Å²) in [4.78, 5) is 15.3. The van der Waals surface area contributed by atoms with Gasteiger partial charge in [-0.25, -0.2) is 0 Å². The first-order valence-electron chi connectivity index (χ1n) is 8.33. The van der Waals surface area contributed by atoms with Crippen molar-refractivity contribution >= 4 is 29.1 Å². The van der Waals surface area contributed by atoms with E-state index in [2.05, 4.69) is 41.4 Å². The van der Waals surface area contributed by atoms with Crippen LogP contribution in [-0.2, 0) is 16.0 Å². The maximum atomic E-state index is 10.6. The normalized spacial score (nSPS) is 24.4. The number of fused-ring (bicyclic) bond motifs is 1. The monoisotopic (exact) mass is 429 g/mol. The van der Waals surface area contributed by atoms with Gasteiger partial charge in [0.1, 0.15) is 0 Å². The third-order valence-corrected chi connectivity index (χ3v) is 6.55. The van der Waals surface area contributed by atoms with Gasteiger partial charge >= 0.3 is 0 Å². The fraction of sp³-hybridized carbons (Fsp3) is 0.667. The molecule has 1 N–H and O–H groups in total. The van der Waals surface area contributed by atoms with Crippen molar-refractivity contribution in [2.45, 2.75) is 58.0 Å². The Morgan fingerprint density at radius 3 is 2.87 bits per heavy atom. The summed E-state index contributed by atoms with van der Waals surface area (Å²) in [5.74, 6) is 0.751. The predicted molar refractivity (Wildman–Crippen MR) is 96.1 cm³/mol. The number of hydrogen-bond donors (Lipinski definition) is 1. The van der Waals surface area contributed by atoms with Crippen LogP contribution in [0.4, 0.5) is 0 Å². The van der Waals surface area contributed by atoms with E-state index in [0.717, 1.165) is 33.2 Å². The van der Waals surface area contributed by atoms with Crippen molar-refractivity contribution in [3.63, 3.8) is 0 Å². The van der Waals surface area contributed by atoms with Crippen LogP contribution in [0.3, 0.4) is 0 Å². The third kappa shape index (κ3) is 3.40. The van der Waals surface area contributed by atoms with E-state index in [1.165, 1.54) is 19.3 Å². The lowest BCUT2D eigenvalue weighted by molar-refractivity contribution is -0.129. The molecule has 1 aromatic rings. The van der Waals surface area contributed by atoms with Crippen LogP contribution in [0, 0.1) is 14.9 Å². The number of carbonyl (C=O) groups is 1. The SMILES string of the molecule is CC1(C)Cc2ncc(C(COC=O)C3CCC3)c(I)c2C(O)C1. The Morgan fingerprint density at radius 2 is 2.26 bits per heavy atom. The number of hydrogen-bond acceptors (Lipinski definition) is 4. The van der Waals surface area contributed by atoms with Gasteiger partial charge in [-0.3, -0.25) is 9.78 Å². The molecule has 2 aliphatic rings. The van der Waals surface area contributed by atoms with E-state index in [-0.39, 0.29) is 11.3 Å². The van der Waals surface area contributed by atoms with Crippen LogP contribution in [0.15, 0.2) is 6.20 Å². The van der Waals surface area contributed by atoms with Crippen LogP contribution >= 0.6 is 22.6 Å². The van der Waals surface area contributed by atoms with Crippen LogP contribution in [0.1, 0.15) is 68.4 Å². The largest absolute Gasteiger partial charge is 0.467 e. The molecule has 0 radical (unpaired) electrons. The molecule has 0 aliphatic heterocycles. The molecule has 2 atom stereocenters. The van der Waals surface area contributed by atoms with E-state index < -0.39 is 6.10 Å². The van der Waals surface area contributed by atoms with Crippen LogP contribution < -0.4 is 0 Å². The maximum absolute atomic E-state index is 10.6. The molecule has 0 saturated heterocycles. The van der Waals surface area contributed by atoms with Gasteiger partial charge in [0.2, 0.25) is 0 Å². The van der Waals surface area contributed by atoms with Gasteiger partial charge < -0.3 is 9.84 Å². The zero-order valence-electron chi connectivity index (χ0n) is 13.7. The summed E-state index contributed by atoms with van der Waals surface area (Å²) in [7, 11) is 0. The van der Waals surface area contributed by atoms with Gasteiger partial charge in [0.15, 0.2) is 0 Å². The van der Waals surface area contributed by atoms with Crippen molar-refractivity contribution in [2.75, 3.05) is 6.61 Å². The second kappa shape index (κ2) is 6.67. The van der Waals surface area contributed by atoms with Crippen molar-refractivity contribution in [1.82, 2.24) is 4.98 Å². The van der Waals surface area contributed by atoms with Crippen molar-refractivity contribution in [3.05, 3.63) is 26.6 Å². The molecule has 1 heterocycles. The second-order valence-electron chi connectivity index (χ2n) is 7.68.